The second kappa shape index (κ2) is 6.60. The third-order valence-electron chi connectivity index (χ3n) is 2.61. The second-order valence-corrected chi connectivity index (χ2v) is 4.44. The highest BCUT2D eigenvalue weighted by molar-refractivity contribution is 5.95. The predicted molar refractivity (Wildman–Crippen MR) is 76.1 cm³/mol. The van der Waals surface area contributed by atoms with Gasteiger partial charge in [-0.15, -0.1) is 0 Å². The number of likely N-dealkylation sites (N-methyl/N-ethyl adjacent to an activating group) is 1. The third-order valence-corrected chi connectivity index (χ3v) is 2.61. The lowest BCUT2D eigenvalue weighted by atomic mass is 10.2. The van der Waals surface area contributed by atoms with Gasteiger partial charge in [0.25, 0.3) is 0 Å². The molecule has 0 bridgehead atoms. The maximum atomic E-state index is 12.0. The molecule has 2 amide bonds. The molecule has 0 unspecified atom stereocenters. The minimum atomic E-state index is -1.26. The van der Waals surface area contributed by atoms with E-state index < -0.39 is 5.97 Å². The summed E-state index contributed by atoms with van der Waals surface area (Å²) in [6.07, 6.45) is 0. The van der Waals surface area contributed by atoms with Gasteiger partial charge in [-0.05, 0) is 32.0 Å². The summed E-state index contributed by atoms with van der Waals surface area (Å²) in [5.41, 5.74) is 0.898. The second-order valence-electron chi connectivity index (χ2n) is 4.44. The first kappa shape index (κ1) is 15.6. The summed E-state index contributed by atoms with van der Waals surface area (Å²) >= 11 is 0. The number of anilines is 1. The van der Waals surface area contributed by atoms with Gasteiger partial charge in [0.05, 0.1) is 0 Å². The highest BCUT2D eigenvalue weighted by Gasteiger charge is 2.14. The molecule has 0 spiro atoms. The first-order valence-electron chi connectivity index (χ1n) is 6.11. The molecule has 0 heterocycles. The van der Waals surface area contributed by atoms with Crippen LogP contribution in [-0.4, -0.2) is 40.2 Å². The van der Waals surface area contributed by atoms with Gasteiger partial charge in [0, 0.05) is 18.8 Å². The van der Waals surface area contributed by atoms with Crippen LogP contribution in [0.5, 0.6) is 5.75 Å². The van der Waals surface area contributed by atoms with Crippen molar-refractivity contribution >= 4 is 17.7 Å². The number of nitrogens with one attached hydrogen (secondary N) is 1. The van der Waals surface area contributed by atoms with Crippen LogP contribution >= 0.6 is 0 Å². The molecule has 6 nitrogen and oxygen atoms in total. The zero-order valence-electron chi connectivity index (χ0n) is 11.5. The summed E-state index contributed by atoms with van der Waals surface area (Å²) in [5, 5.41) is 20.9. The maximum Gasteiger partial charge on any atom is 0.339 e. The molecule has 0 saturated heterocycles. The van der Waals surface area contributed by atoms with E-state index in [2.05, 4.69) is 11.9 Å². The predicted octanol–water partition coefficient (Wildman–Crippen LogP) is 2.52. The van der Waals surface area contributed by atoms with Crippen molar-refractivity contribution < 1.29 is 19.8 Å². The van der Waals surface area contributed by atoms with Crippen LogP contribution < -0.4 is 5.32 Å². The first-order chi connectivity index (χ1) is 9.35. The Hall–Kier alpha value is -2.50. The highest BCUT2D eigenvalue weighted by Crippen LogP contribution is 2.21. The van der Waals surface area contributed by atoms with Gasteiger partial charge < -0.3 is 20.4 Å². The van der Waals surface area contributed by atoms with Crippen molar-refractivity contribution in [2.45, 2.75) is 13.8 Å². The lowest BCUT2D eigenvalue weighted by Gasteiger charge is -2.21. The van der Waals surface area contributed by atoms with Crippen molar-refractivity contribution in [2.24, 2.45) is 0 Å². The Labute approximate surface area is 117 Å². The standard InChI is InChI=1S/C14H18N2O4/c1-4-16(8-9(2)3)14(20)15-10-5-6-12(17)11(7-10)13(18)19/h5-7,17H,2,4,8H2,1,3H3,(H,15,20)(H,18,19). The van der Waals surface area contributed by atoms with E-state index in [1.54, 1.807) is 0 Å². The van der Waals surface area contributed by atoms with Crippen LogP contribution in [0.1, 0.15) is 24.2 Å². The van der Waals surface area contributed by atoms with Gasteiger partial charge in [-0.2, -0.15) is 0 Å². The van der Waals surface area contributed by atoms with Gasteiger partial charge in [0.15, 0.2) is 0 Å². The normalized spacial score (nSPS) is 9.90. The molecule has 0 atom stereocenters. The van der Waals surface area contributed by atoms with E-state index in [0.717, 1.165) is 5.57 Å². The van der Waals surface area contributed by atoms with Crippen molar-refractivity contribution in [3.05, 3.63) is 35.9 Å². The Kier molecular flexibility index (Phi) is 5.14. The summed E-state index contributed by atoms with van der Waals surface area (Å²) in [6.45, 7) is 8.33. The molecule has 20 heavy (non-hydrogen) atoms. The van der Waals surface area contributed by atoms with Crippen LogP contribution in [-0.2, 0) is 0 Å². The van der Waals surface area contributed by atoms with Crippen LogP contribution in [0, 0.1) is 0 Å². The van der Waals surface area contributed by atoms with Gasteiger partial charge in [0.1, 0.15) is 11.3 Å². The van der Waals surface area contributed by atoms with E-state index >= 15 is 0 Å². The number of hydrogen-bond acceptors (Lipinski definition) is 3. The Morgan fingerprint density at radius 3 is 2.55 bits per heavy atom. The number of benzene rings is 1. The molecule has 0 aliphatic carbocycles. The number of carbonyl (C=O) groups is 2. The minimum absolute atomic E-state index is 0.259. The average molecular weight is 278 g/mol. The van der Waals surface area contributed by atoms with Crippen molar-refractivity contribution in [1.29, 1.82) is 0 Å². The fourth-order valence-corrected chi connectivity index (χ4v) is 1.64. The minimum Gasteiger partial charge on any atom is -0.507 e. The molecule has 0 aromatic heterocycles. The monoisotopic (exact) mass is 278 g/mol. The van der Waals surface area contributed by atoms with Crippen LogP contribution in [0.4, 0.5) is 10.5 Å². The topological polar surface area (TPSA) is 89.9 Å². The zero-order valence-corrected chi connectivity index (χ0v) is 11.5. The number of carboxylic acids is 1. The molecule has 1 rings (SSSR count). The molecule has 1 aromatic rings. The van der Waals surface area contributed by atoms with Gasteiger partial charge in [-0.1, -0.05) is 12.2 Å². The van der Waals surface area contributed by atoms with E-state index in [9.17, 15) is 14.7 Å². The molecular weight excluding hydrogens is 260 g/mol. The smallest absolute Gasteiger partial charge is 0.339 e. The lowest BCUT2D eigenvalue weighted by molar-refractivity contribution is 0.0693. The number of amides is 2. The Balaban J connectivity index is 2.87. The van der Waals surface area contributed by atoms with E-state index in [1.807, 2.05) is 13.8 Å². The maximum absolute atomic E-state index is 12.0. The molecule has 108 valence electrons. The Morgan fingerprint density at radius 2 is 2.05 bits per heavy atom. The van der Waals surface area contributed by atoms with Gasteiger partial charge in [0.2, 0.25) is 0 Å². The fraction of sp³-hybridized carbons (Fsp3) is 0.286. The summed E-state index contributed by atoms with van der Waals surface area (Å²) in [4.78, 5) is 24.4. The summed E-state index contributed by atoms with van der Waals surface area (Å²) < 4.78 is 0. The van der Waals surface area contributed by atoms with Crippen LogP contribution in [0.15, 0.2) is 30.4 Å². The Morgan fingerprint density at radius 1 is 1.40 bits per heavy atom. The van der Waals surface area contributed by atoms with Crippen LogP contribution in [0.2, 0.25) is 0 Å². The molecule has 0 aliphatic rings. The van der Waals surface area contributed by atoms with Crippen LogP contribution in [0.3, 0.4) is 0 Å². The molecular formula is C14H18N2O4. The number of carboxylic acid groups (broad SMARTS) is 1. The Bertz CT molecular complexity index is 540. The number of carbonyl (C=O) groups excluding carboxylic acids is 1. The molecule has 6 heteroatoms. The number of rotatable bonds is 5. The van der Waals surface area contributed by atoms with Gasteiger partial charge >= 0.3 is 12.0 Å². The number of phenols is 1. The molecule has 0 radical (unpaired) electrons. The van der Waals surface area contributed by atoms with E-state index in [-0.39, 0.29) is 17.3 Å². The van der Waals surface area contributed by atoms with Crippen molar-refractivity contribution in [2.75, 3.05) is 18.4 Å². The van der Waals surface area contributed by atoms with Gasteiger partial charge in [-0.3, -0.25) is 0 Å². The number of urea groups is 1. The molecule has 0 fully saturated rings. The van der Waals surface area contributed by atoms with E-state index in [0.29, 0.717) is 18.8 Å². The van der Waals surface area contributed by atoms with Crippen molar-refractivity contribution in [1.82, 2.24) is 4.90 Å². The lowest BCUT2D eigenvalue weighted by Crippen LogP contribution is -2.35. The van der Waals surface area contributed by atoms with E-state index in [1.165, 1.54) is 23.1 Å². The number of aromatic carboxylic acids is 1. The molecule has 0 saturated carbocycles. The summed E-state index contributed by atoms with van der Waals surface area (Å²) in [7, 11) is 0. The van der Waals surface area contributed by atoms with Crippen molar-refractivity contribution in [3.8, 4) is 5.75 Å². The van der Waals surface area contributed by atoms with Crippen molar-refractivity contribution in [3.63, 3.8) is 0 Å². The quantitative estimate of drug-likeness (QED) is 0.570. The molecule has 3 N–H and O–H groups in total. The SMILES string of the molecule is C=C(C)CN(CC)C(=O)Nc1ccc(O)c(C(=O)O)c1. The highest BCUT2D eigenvalue weighted by atomic mass is 16.4. The van der Waals surface area contributed by atoms with E-state index in [4.69, 9.17) is 5.11 Å². The summed E-state index contributed by atoms with van der Waals surface area (Å²) in [5.74, 6) is -1.60. The largest absolute Gasteiger partial charge is 0.507 e. The zero-order chi connectivity index (χ0) is 15.3. The summed E-state index contributed by atoms with van der Waals surface area (Å²) in [6, 6.07) is 3.53. The molecule has 0 aliphatic heterocycles. The first-order valence-corrected chi connectivity index (χ1v) is 6.11. The third kappa shape index (κ3) is 4.01. The number of nitrogens with zero attached hydrogens (tertiary/aromatic N) is 1. The molecule has 1 aromatic carbocycles. The number of aromatic hydroxyl groups is 1. The number of hydrogen-bond donors (Lipinski definition) is 3. The van der Waals surface area contributed by atoms with Crippen LogP contribution in [0.25, 0.3) is 0 Å². The fourth-order valence-electron chi connectivity index (χ4n) is 1.64. The van der Waals surface area contributed by atoms with Gasteiger partial charge in [-0.25, -0.2) is 9.59 Å². The average Bonchev–Trinajstić information content (AvgIpc) is 2.37.